The lowest BCUT2D eigenvalue weighted by Gasteiger charge is -2.43. The molecule has 1 aliphatic heterocycles. The Hall–Kier alpha value is -1.45. The molecule has 0 radical (unpaired) electrons. The zero-order valence-electron chi connectivity index (χ0n) is 11.9. The van der Waals surface area contributed by atoms with Crippen LogP contribution in [-0.4, -0.2) is 60.3 Å². The maximum absolute atomic E-state index is 12.7. The van der Waals surface area contributed by atoms with Crippen LogP contribution in [0.4, 0.5) is 0 Å². The first-order valence-electron chi connectivity index (χ1n) is 6.18. The van der Waals surface area contributed by atoms with Crippen molar-refractivity contribution in [1.82, 2.24) is 9.21 Å². The number of rotatable bonds is 3. The standard InChI is InChI=1S/C12H16N2O5S2/c1-12(2)11(17)13(3)4-5-14(12)21(18,19)8-6-9(10(15)16)20-7-8/h6-7H,4-5H2,1-3H3,(H,15,16). The Labute approximate surface area is 126 Å². The van der Waals surface area contributed by atoms with Crippen molar-refractivity contribution in [2.75, 3.05) is 20.1 Å². The van der Waals surface area contributed by atoms with E-state index in [0.717, 1.165) is 21.7 Å². The molecule has 7 nitrogen and oxygen atoms in total. The van der Waals surface area contributed by atoms with Crippen molar-refractivity contribution in [1.29, 1.82) is 0 Å². The monoisotopic (exact) mass is 332 g/mol. The van der Waals surface area contributed by atoms with E-state index in [1.807, 2.05) is 0 Å². The van der Waals surface area contributed by atoms with Gasteiger partial charge in [0.05, 0.1) is 4.90 Å². The molecule has 21 heavy (non-hydrogen) atoms. The van der Waals surface area contributed by atoms with Crippen molar-refractivity contribution in [2.45, 2.75) is 24.3 Å². The number of aromatic carboxylic acids is 1. The molecule has 1 saturated heterocycles. The second-order valence-corrected chi connectivity index (χ2v) is 8.09. The highest BCUT2D eigenvalue weighted by Crippen LogP contribution is 2.31. The van der Waals surface area contributed by atoms with Gasteiger partial charge in [0.15, 0.2) is 0 Å². The Morgan fingerprint density at radius 3 is 2.52 bits per heavy atom. The third-order valence-corrected chi connectivity index (χ3v) is 6.62. The number of hydrogen-bond acceptors (Lipinski definition) is 5. The highest BCUT2D eigenvalue weighted by atomic mass is 32.2. The Kier molecular flexibility index (Phi) is 3.85. The summed E-state index contributed by atoms with van der Waals surface area (Å²) in [5.74, 6) is -1.46. The summed E-state index contributed by atoms with van der Waals surface area (Å²) < 4.78 is 26.5. The minimum atomic E-state index is -3.91. The summed E-state index contributed by atoms with van der Waals surface area (Å²) >= 11 is 0.849. The van der Waals surface area contributed by atoms with E-state index < -0.39 is 21.5 Å². The topological polar surface area (TPSA) is 95.0 Å². The molecular formula is C12H16N2O5S2. The van der Waals surface area contributed by atoms with Crippen molar-refractivity contribution >= 4 is 33.2 Å². The number of likely N-dealkylation sites (N-methyl/N-ethyl adjacent to an activating group) is 1. The minimum Gasteiger partial charge on any atom is -0.477 e. The van der Waals surface area contributed by atoms with Crippen molar-refractivity contribution in [3.05, 3.63) is 16.3 Å². The second kappa shape index (κ2) is 5.08. The van der Waals surface area contributed by atoms with Crippen molar-refractivity contribution < 1.29 is 23.1 Å². The fraction of sp³-hybridized carbons (Fsp3) is 0.500. The van der Waals surface area contributed by atoms with Crippen molar-refractivity contribution in [3.8, 4) is 0 Å². The lowest BCUT2D eigenvalue weighted by atomic mass is 10.0. The maximum Gasteiger partial charge on any atom is 0.345 e. The molecule has 0 aromatic carbocycles. The molecule has 0 unspecified atom stereocenters. The normalized spacial score (nSPS) is 19.8. The van der Waals surface area contributed by atoms with E-state index in [2.05, 4.69) is 0 Å². The van der Waals surface area contributed by atoms with E-state index in [-0.39, 0.29) is 22.2 Å². The number of carbonyl (C=O) groups is 2. The summed E-state index contributed by atoms with van der Waals surface area (Å²) in [6.07, 6.45) is 0. The number of thiophene rings is 1. The molecular weight excluding hydrogens is 316 g/mol. The average molecular weight is 332 g/mol. The number of nitrogens with zero attached hydrogens (tertiary/aromatic N) is 2. The summed E-state index contributed by atoms with van der Waals surface area (Å²) in [4.78, 5) is 24.4. The smallest absolute Gasteiger partial charge is 0.345 e. The predicted octanol–water partition coefficient (Wildman–Crippen LogP) is 0.688. The van der Waals surface area contributed by atoms with E-state index in [9.17, 15) is 18.0 Å². The Balaban J connectivity index is 2.43. The van der Waals surface area contributed by atoms with Gasteiger partial charge in [-0.15, -0.1) is 11.3 Å². The number of carboxylic acids is 1. The van der Waals surface area contributed by atoms with Gasteiger partial charge in [0.1, 0.15) is 10.4 Å². The highest BCUT2D eigenvalue weighted by Gasteiger charge is 2.47. The summed E-state index contributed by atoms with van der Waals surface area (Å²) in [7, 11) is -2.28. The largest absolute Gasteiger partial charge is 0.477 e. The number of hydrogen-bond donors (Lipinski definition) is 1. The molecule has 0 bridgehead atoms. The zero-order valence-corrected chi connectivity index (χ0v) is 13.5. The van der Waals surface area contributed by atoms with Crippen molar-refractivity contribution in [3.63, 3.8) is 0 Å². The first kappa shape index (κ1) is 15.9. The quantitative estimate of drug-likeness (QED) is 0.878. The van der Waals surface area contributed by atoms with Gasteiger partial charge >= 0.3 is 5.97 Å². The number of carboxylic acid groups (broad SMARTS) is 1. The molecule has 1 amide bonds. The van der Waals surface area contributed by atoms with Crippen LogP contribution in [0.25, 0.3) is 0 Å². The Morgan fingerprint density at radius 1 is 1.38 bits per heavy atom. The lowest BCUT2D eigenvalue weighted by molar-refractivity contribution is -0.142. The van der Waals surface area contributed by atoms with Gasteiger partial charge < -0.3 is 10.0 Å². The van der Waals surface area contributed by atoms with Crippen LogP contribution in [0.2, 0.25) is 0 Å². The predicted molar refractivity (Wildman–Crippen MR) is 76.9 cm³/mol. The molecule has 1 aromatic rings. The van der Waals surface area contributed by atoms with Crippen LogP contribution >= 0.6 is 11.3 Å². The maximum atomic E-state index is 12.7. The molecule has 0 spiro atoms. The molecule has 0 saturated carbocycles. The van der Waals surface area contributed by atoms with E-state index in [1.165, 1.54) is 10.3 Å². The molecule has 9 heteroatoms. The summed E-state index contributed by atoms with van der Waals surface area (Å²) in [5.41, 5.74) is -1.20. The number of carbonyl (C=O) groups excluding carboxylic acids is 1. The van der Waals surface area contributed by atoms with Crippen molar-refractivity contribution in [2.24, 2.45) is 0 Å². The van der Waals surface area contributed by atoms with Gasteiger partial charge in [-0.25, -0.2) is 13.2 Å². The van der Waals surface area contributed by atoms with E-state index in [0.29, 0.717) is 6.54 Å². The van der Waals surface area contributed by atoms with Crippen LogP contribution in [0.15, 0.2) is 16.3 Å². The average Bonchev–Trinajstić information content (AvgIpc) is 2.86. The minimum absolute atomic E-state index is 0.0492. The van der Waals surface area contributed by atoms with E-state index >= 15 is 0 Å². The van der Waals surface area contributed by atoms with Gasteiger partial charge in [-0.3, -0.25) is 4.79 Å². The van der Waals surface area contributed by atoms with Gasteiger partial charge in [0.2, 0.25) is 15.9 Å². The molecule has 1 aromatic heterocycles. The molecule has 1 aliphatic rings. The van der Waals surface area contributed by atoms with E-state index in [1.54, 1.807) is 20.9 Å². The van der Waals surface area contributed by atoms with Crippen LogP contribution in [-0.2, 0) is 14.8 Å². The third-order valence-electron chi connectivity index (χ3n) is 3.51. The molecule has 116 valence electrons. The Morgan fingerprint density at radius 2 is 2.00 bits per heavy atom. The summed E-state index contributed by atoms with van der Waals surface area (Å²) in [6.45, 7) is 3.58. The highest BCUT2D eigenvalue weighted by molar-refractivity contribution is 7.89. The van der Waals surface area contributed by atoms with Crippen LogP contribution < -0.4 is 0 Å². The van der Waals surface area contributed by atoms with Gasteiger partial charge in [-0.1, -0.05) is 0 Å². The molecule has 0 aliphatic carbocycles. The fourth-order valence-corrected chi connectivity index (χ4v) is 5.14. The number of piperazine rings is 1. The van der Waals surface area contributed by atoms with Crippen LogP contribution in [0.3, 0.4) is 0 Å². The molecule has 0 atom stereocenters. The van der Waals surface area contributed by atoms with Gasteiger partial charge in [0, 0.05) is 25.5 Å². The lowest BCUT2D eigenvalue weighted by Crippen LogP contribution is -2.63. The van der Waals surface area contributed by atoms with Crippen LogP contribution in [0, 0.1) is 0 Å². The Bertz CT molecular complexity index is 692. The summed E-state index contributed by atoms with van der Waals surface area (Å²) in [5, 5.41) is 10.2. The molecule has 1 fully saturated rings. The molecule has 2 rings (SSSR count). The van der Waals surface area contributed by atoms with E-state index in [4.69, 9.17) is 5.11 Å². The third kappa shape index (κ3) is 2.56. The first-order chi connectivity index (χ1) is 9.58. The van der Waals surface area contributed by atoms with Gasteiger partial charge in [-0.05, 0) is 19.9 Å². The number of sulfonamides is 1. The molecule has 1 N–H and O–H groups in total. The number of amides is 1. The SMILES string of the molecule is CN1CCN(S(=O)(=O)c2csc(C(=O)O)c2)C(C)(C)C1=O. The summed E-state index contributed by atoms with van der Waals surface area (Å²) in [6, 6.07) is 1.13. The second-order valence-electron chi connectivity index (χ2n) is 5.31. The van der Waals surface area contributed by atoms with Gasteiger partial charge in [0.25, 0.3) is 0 Å². The fourth-order valence-electron chi connectivity index (χ4n) is 2.31. The zero-order chi connectivity index (χ0) is 16.0. The first-order valence-corrected chi connectivity index (χ1v) is 8.50. The van der Waals surface area contributed by atoms with Crippen LogP contribution in [0.5, 0.6) is 0 Å². The van der Waals surface area contributed by atoms with Crippen LogP contribution in [0.1, 0.15) is 23.5 Å². The molecule has 2 heterocycles. The van der Waals surface area contributed by atoms with Gasteiger partial charge in [-0.2, -0.15) is 4.31 Å².